The van der Waals surface area contributed by atoms with Crippen molar-refractivity contribution in [1.82, 2.24) is 4.98 Å². The van der Waals surface area contributed by atoms with E-state index >= 15 is 0 Å². The molecule has 3 rings (SSSR count). The number of hydrogen-bond donors (Lipinski definition) is 1. The van der Waals surface area contributed by atoms with Gasteiger partial charge in [-0.25, -0.2) is 4.98 Å². The number of amides is 1. The molecule has 0 spiro atoms. The second-order valence-electron chi connectivity index (χ2n) is 4.61. The number of carbonyl (C=O) groups is 1. The van der Waals surface area contributed by atoms with Crippen LogP contribution < -0.4 is 5.73 Å². The molecule has 4 nitrogen and oxygen atoms in total. The highest BCUT2D eigenvalue weighted by Crippen LogP contribution is 2.27. The fourth-order valence-electron chi connectivity index (χ4n) is 2.19. The first kappa shape index (κ1) is 12.4. The van der Waals surface area contributed by atoms with Crippen LogP contribution in [0.1, 0.15) is 12.0 Å². The lowest BCUT2D eigenvalue weighted by Crippen LogP contribution is -2.11. The first-order valence-corrected chi connectivity index (χ1v) is 6.46. The lowest BCUT2D eigenvalue weighted by Gasteiger charge is -2.04. The lowest BCUT2D eigenvalue weighted by atomic mass is 10.0. The fourth-order valence-corrected chi connectivity index (χ4v) is 2.19. The van der Waals surface area contributed by atoms with Crippen LogP contribution >= 0.6 is 0 Å². The Labute approximate surface area is 116 Å². The molecule has 0 aliphatic carbocycles. The van der Waals surface area contributed by atoms with E-state index in [0.29, 0.717) is 18.7 Å². The van der Waals surface area contributed by atoms with Crippen LogP contribution in [0.5, 0.6) is 0 Å². The first-order chi connectivity index (χ1) is 9.74. The van der Waals surface area contributed by atoms with Gasteiger partial charge in [0.25, 0.3) is 0 Å². The van der Waals surface area contributed by atoms with Gasteiger partial charge in [-0.15, -0.1) is 0 Å². The number of aryl methyl sites for hydroxylation is 1. The first-order valence-electron chi connectivity index (χ1n) is 6.46. The van der Waals surface area contributed by atoms with Gasteiger partial charge in [-0.3, -0.25) is 4.79 Å². The van der Waals surface area contributed by atoms with E-state index < -0.39 is 0 Å². The maximum absolute atomic E-state index is 10.9. The number of para-hydroxylation sites is 2. The minimum atomic E-state index is -0.308. The van der Waals surface area contributed by atoms with E-state index in [9.17, 15) is 4.79 Å². The number of rotatable bonds is 4. The molecule has 0 aliphatic rings. The van der Waals surface area contributed by atoms with Crippen molar-refractivity contribution in [2.45, 2.75) is 12.8 Å². The smallest absolute Gasteiger partial charge is 0.227 e. The van der Waals surface area contributed by atoms with Crippen molar-refractivity contribution >= 4 is 17.0 Å². The van der Waals surface area contributed by atoms with Crippen molar-refractivity contribution in [1.29, 1.82) is 0 Å². The van der Waals surface area contributed by atoms with Crippen LogP contribution in [-0.2, 0) is 11.2 Å². The minimum absolute atomic E-state index is 0.308. The van der Waals surface area contributed by atoms with Crippen LogP contribution in [-0.4, -0.2) is 10.9 Å². The third-order valence-electron chi connectivity index (χ3n) is 3.18. The molecule has 1 heterocycles. The van der Waals surface area contributed by atoms with Gasteiger partial charge in [-0.2, -0.15) is 0 Å². The second-order valence-corrected chi connectivity index (χ2v) is 4.61. The summed E-state index contributed by atoms with van der Waals surface area (Å²) in [6.45, 7) is 0. The maximum atomic E-state index is 10.9. The Balaban J connectivity index is 2.02. The third-order valence-corrected chi connectivity index (χ3v) is 3.18. The van der Waals surface area contributed by atoms with Gasteiger partial charge in [0, 0.05) is 12.0 Å². The van der Waals surface area contributed by atoms with Gasteiger partial charge in [0.1, 0.15) is 5.52 Å². The molecule has 20 heavy (non-hydrogen) atoms. The van der Waals surface area contributed by atoms with E-state index in [-0.39, 0.29) is 5.91 Å². The Morgan fingerprint density at radius 2 is 1.85 bits per heavy atom. The maximum Gasteiger partial charge on any atom is 0.227 e. The van der Waals surface area contributed by atoms with E-state index in [1.165, 1.54) is 0 Å². The molecule has 0 radical (unpaired) electrons. The summed E-state index contributed by atoms with van der Waals surface area (Å²) in [7, 11) is 0. The molecule has 0 aliphatic heterocycles. The van der Waals surface area contributed by atoms with Gasteiger partial charge in [-0.05, 0) is 30.2 Å². The van der Waals surface area contributed by atoms with Gasteiger partial charge in [0.2, 0.25) is 11.8 Å². The molecule has 2 aromatic carbocycles. The minimum Gasteiger partial charge on any atom is -0.436 e. The molecule has 3 aromatic rings. The largest absolute Gasteiger partial charge is 0.436 e. The van der Waals surface area contributed by atoms with Gasteiger partial charge in [0.05, 0.1) is 0 Å². The van der Waals surface area contributed by atoms with Crippen molar-refractivity contribution in [3.05, 3.63) is 54.1 Å². The van der Waals surface area contributed by atoms with Crippen molar-refractivity contribution in [2.24, 2.45) is 5.73 Å². The third kappa shape index (κ3) is 2.40. The van der Waals surface area contributed by atoms with E-state index in [2.05, 4.69) is 4.98 Å². The number of oxazole rings is 1. The number of fused-ring (bicyclic) bond motifs is 1. The molecule has 100 valence electrons. The number of nitrogens with two attached hydrogens (primary N) is 1. The van der Waals surface area contributed by atoms with Crippen molar-refractivity contribution in [2.75, 3.05) is 0 Å². The van der Waals surface area contributed by atoms with Crippen LogP contribution in [0.15, 0.2) is 52.9 Å². The molecule has 4 heteroatoms. The molecule has 0 fully saturated rings. The summed E-state index contributed by atoms with van der Waals surface area (Å²) in [6, 6.07) is 15.4. The zero-order valence-electron chi connectivity index (χ0n) is 10.9. The zero-order chi connectivity index (χ0) is 13.9. The fraction of sp³-hybridized carbons (Fsp3) is 0.125. The predicted molar refractivity (Wildman–Crippen MR) is 77.0 cm³/mol. The molecule has 1 aromatic heterocycles. The lowest BCUT2D eigenvalue weighted by molar-refractivity contribution is -0.117. The molecule has 0 unspecified atom stereocenters. The Bertz CT molecular complexity index is 729. The molecule has 0 saturated carbocycles. The molecule has 0 bridgehead atoms. The summed E-state index contributed by atoms with van der Waals surface area (Å²) in [6.07, 6.45) is 0.904. The number of nitrogens with zero attached hydrogens (tertiary/aromatic N) is 1. The summed E-state index contributed by atoms with van der Waals surface area (Å²) < 4.78 is 5.77. The van der Waals surface area contributed by atoms with E-state index in [1.807, 2.05) is 48.5 Å². The standard InChI is InChI=1S/C16H14N2O2/c17-15(19)10-9-11-5-1-2-6-12(11)16-18-13-7-3-4-8-14(13)20-16/h1-8H,9-10H2,(H2,17,19). The molecule has 2 N–H and O–H groups in total. The number of benzene rings is 2. The topological polar surface area (TPSA) is 69.1 Å². The Morgan fingerprint density at radius 1 is 1.10 bits per heavy atom. The second kappa shape index (κ2) is 5.17. The van der Waals surface area contributed by atoms with Crippen LogP contribution in [0, 0.1) is 0 Å². The highest BCUT2D eigenvalue weighted by atomic mass is 16.3. The van der Waals surface area contributed by atoms with Crippen LogP contribution in [0.4, 0.5) is 0 Å². The number of aromatic nitrogens is 1. The zero-order valence-corrected chi connectivity index (χ0v) is 10.9. The van der Waals surface area contributed by atoms with Gasteiger partial charge in [-0.1, -0.05) is 30.3 Å². The summed E-state index contributed by atoms with van der Waals surface area (Å²) in [5, 5.41) is 0. The monoisotopic (exact) mass is 266 g/mol. The van der Waals surface area contributed by atoms with Gasteiger partial charge in [0.15, 0.2) is 5.58 Å². The predicted octanol–water partition coefficient (Wildman–Crippen LogP) is 2.91. The summed E-state index contributed by atoms with van der Waals surface area (Å²) in [5.74, 6) is 0.267. The van der Waals surface area contributed by atoms with Crippen molar-refractivity contribution in [3.8, 4) is 11.5 Å². The van der Waals surface area contributed by atoms with Crippen molar-refractivity contribution in [3.63, 3.8) is 0 Å². The molecular formula is C16H14N2O2. The summed E-state index contributed by atoms with van der Waals surface area (Å²) in [4.78, 5) is 15.4. The average molecular weight is 266 g/mol. The highest BCUT2D eigenvalue weighted by Gasteiger charge is 2.12. The van der Waals surface area contributed by atoms with Crippen LogP contribution in [0.2, 0.25) is 0 Å². The van der Waals surface area contributed by atoms with Crippen LogP contribution in [0.25, 0.3) is 22.6 Å². The molecule has 1 amide bonds. The Morgan fingerprint density at radius 3 is 2.65 bits per heavy atom. The van der Waals surface area contributed by atoms with E-state index in [4.69, 9.17) is 10.2 Å². The molecule has 0 atom stereocenters. The Hall–Kier alpha value is -2.62. The Kier molecular flexibility index (Phi) is 3.21. The van der Waals surface area contributed by atoms with E-state index in [0.717, 1.165) is 22.2 Å². The summed E-state index contributed by atoms with van der Waals surface area (Å²) in [5.41, 5.74) is 8.71. The highest BCUT2D eigenvalue weighted by molar-refractivity contribution is 5.77. The summed E-state index contributed by atoms with van der Waals surface area (Å²) >= 11 is 0. The quantitative estimate of drug-likeness (QED) is 0.789. The van der Waals surface area contributed by atoms with Gasteiger partial charge < -0.3 is 10.2 Å². The molecular weight excluding hydrogens is 252 g/mol. The number of primary amides is 1. The molecule has 0 saturated heterocycles. The number of hydrogen-bond acceptors (Lipinski definition) is 3. The average Bonchev–Trinajstić information content (AvgIpc) is 2.89. The van der Waals surface area contributed by atoms with E-state index in [1.54, 1.807) is 0 Å². The van der Waals surface area contributed by atoms with Crippen LogP contribution in [0.3, 0.4) is 0 Å². The SMILES string of the molecule is NC(=O)CCc1ccccc1-c1nc2ccccc2o1. The normalized spacial score (nSPS) is 10.8. The van der Waals surface area contributed by atoms with Gasteiger partial charge >= 0.3 is 0 Å². The number of carbonyl (C=O) groups excluding carboxylic acids is 1. The van der Waals surface area contributed by atoms with Crippen molar-refractivity contribution < 1.29 is 9.21 Å².